The van der Waals surface area contributed by atoms with Gasteiger partial charge >= 0.3 is 12.3 Å². The van der Waals surface area contributed by atoms with Crippen molar-refractivity contribution in [2.24, 2.45) is 7.05 Å². The fraction of sp³-hybridized carbons (Fsp3) is 0.727. The van der Waals surface area contributed by atoms with E-state index in [0.717, 1.165) is 5.69 Å². The van der Waals surface area contributed by atoms with Gasteiger partial charge in [-0.25, -0.2) is 8.78 Å². The first-order valence-corrected chi connectivity index (χ1v) is 5.74. The molecule has 1 aromatic rings. The summed E-state index contributed by atoms with van der Waals surface area (Å²) in [5, 5.41) is 7.01. The molecule has 0 saturated heterocycles. The number of halogens is 4. The molecule has 0 aliphatic carbocycles. The average Bonchev–Trinajstić information content (AvgIpc) is 2.73. The van der Waals surface area contributed by atoms with E-state index in [4.69, 9.17) is 0 Å². The first-order valence-electron chi connectivity index (χ1n) is 5.74. The summed E-state index contributed by atoms with van der Waals surface area (Å²) in [6.45, 7) is -1.37. The lowest BCUT2D eigenvalue weighted by atomic mass is 10.2. The van der Waals surface area contributed by atoms with E-state index in [1.807, 2.05) is 0 Å². The second kappa shape index (κ2) is 6.85. The van der Waals surface area contributed by atoms with E-state index in [0.29, 0.717) is 6.42 Å². The summed E-state index contributed by atoms with van der Waals surface area (Å²) in [5.41, 5.74) is 0.770. The van der Waals surface area contributed by atoms with Gasteiger partial charge in [0.2, 0.25) is 0 Å². The number of ether oxygens (including phenoxy) is 1. The zero-order valence-electron chi connectivity index (χ0n) is 10.7. The van der Waals surface area contributed by atoms with Crippen molar-refractivity contribution in [2.75, 3.05) is 20.3 Å². The maximum Gasteiger partial charge on any atom is 0.330 e. The van der Waals surface area contributed by atoms with Crippen LogP contribution in [0.25, 0.3) is 0 Å². The lowest BCUT2D eigenvalue weighted by molar-refractivity contribution is -0.166. The van der Waals surface area contributed by atoms with Crippen molar-refractivity contribution in [3.63, 3.8) is 0 Å². The number of rotatable bonds is 8. The van der Waals surface area contributed by atoms with Crippen LogP contribution in [-0.2, 0) is 18.2 Å². The van der Waals surface area contributed by atoms with Gasteiger partial charge in [0.15, 0.2) is 0 Å². The fourth-order valence-corrected chi connectivity index (χ4v) is 1.47. The summed E-state index contributed by atoms with van der Waals surface area (Å²) < 4.78 is 55.3. The molecule has 1 atom stereocenters. The van der Waals surface area contributed by atoms with Gasteiger partial charge in [0.1, 0.15) is 6.61 Å². The van der Waals surface area contributed by atoms with Crippen LogP contribution in [0.2, 0.25) is 0 Å². The Morgan fingerprint density at radius 2 is 2.16 bits per heavy atom. The molecule has 0 bridgehead atoms. The third-order valence-corrected chi connectivity index (χ3v) is 2.57. The Labute approximate surface area is 108 Å². The minimum atomic E-state index is -4.11. The lowest BCUT2D eigenvalue weighted by Crippen LogP contribution is -2.37. The van der Waals surface area contributed by atoms with Gasteiger partial charge < -0.3 is 10.1 Å². The Bertz CT molecular complexity index is 384. The molecular formula is C11H17F4N3O. The van der Waals surface area contributed by atoms with Crippen LogP contribution in [0.3, 0.4) is 0 Å². The third-order valence-electron chi connectivity index (χ3n) is 2.57. The Hall–Kier alpha value is -1.15. The normalized spacial score (nSPS) is 14.1. The van der Waals surface area contributed by atoms with Crippen LogP contribution >= 0.6 is 0 Å². The zero-order chi connectivity index (χ0) is 14.5. The average molecular weight is 283 g/mol. The first-order chi connectivity index (χ1) is 8.85. The standard InChI is InChI=1S/C11H17F4N3O/c1-16-9(5-8-3-4-18(2)17-8)6-19-7-11(14,15)10(12)13/h3-4,9-10,16H,5-7H2,1-2H3. The summed E-state index contributed by atoms with van der Waals surface area (Å²) in [6, 6.07) is 1.53. The van der Waals surface area contributed by atoms with E-state index in [1.54, 1.807) is 31.0 Å². The Balaban J connectivity index is 2.37. The molecule has 0 spiro atoms. The highest BCUT2D eigenvalue weighted by atomic mass is 19.3. The molecule has 0 radical (unpaired) electrons. The minimum absolute atomic E-state index is 0.0879. The summed E-state index contributed by atoms with van der Waals surface area (Å²) in [7, 11) is 3.40. The molecule has 0 aliphatic rings. The largest absolute Gasteiger partial charge is 0.373 e. The molecule has 1 N–H and O–H groups in total. The quantitative estimate of drug-likeness (QED) is 0.734. The Kier molecular flexibility index (Phi) is 5.74. The number of nitrogens with zero attached hydrogens (tertiary/aromatic N) is 2. The summed E-state index contributed by atoms with van der Waals surface area (Å²) in [5.74, 6) is -4.11. The second-order valence-corrected chi connectivity index (χ2v) is 4.25. The molecule has 8 heteroatoms. The van der Waals surface area contributed by atoms with Gasteiger partial charge in [-0.05, 0) is 13.1 Å². The summed E-state index contributed by atoms with van der Waals surface area (Å²) in [6.07, 6.45) is -1.48. The van der Waals surface area contributed by atoms with Crippen LogP contribution in [0.1, 0.15) is 5.69 Å². The fourth-order valence-electron chi connectivity index (χ4n) is 1.47. The van der Waals surface area contributed by atoms with Gasteiger partial charge in [0, 0.05) is 25.7 Å². The minimum Gasteiger partial charge on any atom is -0.373 e. The van der Waals surface area contributed by atoms with E-state index < -0.39 is 19.0 Å². The van der Waals surface area contributed by atoms with E-state index in [1.165, 1.54) is 0 Å². The second-order valence-electron chi connectivity index (χ2n) is 4.25. The van der Waals surface area contributed by atoms with Gasteiger partial charge in [-0.15, -0.1) is 0 Å². The molecule has 0 aliphatic heterocycles. The Morgan fingerprint density at radius 1 is 1.47 bits per heavy atom. The molecule has 4 nitrogen and oxygen atoms in total. The molecule has 1 aromatic heterocycles. The molecule has 19 heavy (non-hydrogen) atoms. The number of aromatic nitrogens is 2. The van der Waals surface area contributed by atoms with Crippen LogP contribution in [0.15, 0.2) is 12.3 Å². The molecule has 110 valence electrons. The first kappa shape index (κ1) is 15.9. The van der Waals surface area contributed by atoms with E-state index >= 15 is 0 Å². The number of alkyl halides is 4. The van der Waals surface area contributed by atoms with Gasteiger partial charge in [-0.2, -0.15) is 13.9 Å². The maximum absolute atomic E-state index is 12.6. The van der Waals surface area contributed by atoms with Crippen molar-refractivity contribution in [1.29, 1.82) is 0 Å². The van der Waals surface area contributed by atoms with Crippen LogP contribution in [0.5, 0.6) is 0 Å². The molecule has 1 unspecified atom stereocenters. The SMILES string of the molecule is CNC(COCC(F)(F)C(F)F)Cc1ccn(C)n1. The van der Waals surface area contributed by atoms with Crippen molar-refractivity contribution in [2.45, 2.75) is 24.8 Å². The highest BCUT2D eigenvalue weighted by molar-refractivity contribution is 5.01. The predicted octanol–water partition coefficient (Wildman–Crippen LogP) is 1.47. The monoisotopic (exact) mass is 283 g/mol. The molecule has 0 aromatic carbocycles. The number of likely N-dealkylation sites (N-methyl/N-ethyl adjacent to an activating group) is 1. The summed E-state index contributed by atoms with van der Waals surface area (Å²) >= 11 is 0. The van der Waals surface area contributed by atoms with Gasteiger partial charge in [0.25, 0.3) is 0 Å². The van der Waals surface area contributed by atoms with Crippen molar-refractivity contribution in [3.05, 3.63) is 18.0 Å². The van der Waals surface area contributed by atoms with Crippen molar-refractivity contribution in [3.8, 4) is 0 Å². The number of hydrogen-bond donors (Lipinski definition) is 1. The molecule has 0 amide bonds. The van der Waals surface area contributed by atoms with Crippen LogP contribution < -0.4 is 5.32 Å². The smallest absolute Gasteiger partial charge is 0.330 e. The van der Waals surface area contributed by atoms with Crippen LogP contribution in [0, 0.1) is 0 Å². The highest BCUT2D eigenvalue weighted by Crippen LogP contribution is 2.22. The van der Waals surface area contributed by atoms with Crippen molar-refractivity contribution in [1.82, 2.24) is 15.1 Å². The van der Waals surface area contributed by atoms with Crippen molar-refractivity contribution >= 4 is 0 Å². The number of aryl methyl sites for hydroxylation is 1. The molecule has 0 saturated carbocycles. The summed E-state index contributed by atoms with van der Waals surface area (Å²) in [4.78, 5) is 0. The zero-order valence-corrected chi connectivity index (χ0v) is 10.7. The van der Waals surface area contributed by atoms with Crippen LogP contribution in [-0.4, -0.2) is 48.4 Å². The topological polar surface area (TPSA) is 39.1 Å². The van der Waals surface area contributed by atoms with E-state index in [-0.39, 0.29) is 12.6 Å². The van der Waals surface area contributed by atoms with E-state index in [9.17, 15) is 17.6 Å². The highest BCUT2D eigenvalue weighted by Gasteiger charge is 2.41. The van der Waals surface area contributed by atoms with Gasteiger partial charge in [-0.3, -0.25) is 4.68 Å². The third kappa shape index (κ3) is 5.15. The maximum atomic E-state index is 12.6. The molecule has 1 rings (SSSR count). The number of nitrogens with one attached hydrogen (secondary N) is 1. The Morgan fingerprint density at radius 3 is 2.63 bits per heavy atom. The van der Waals surface area contributed by atoms with Gasteiger partial charge in [-0.1, -0.05) is 0 Å². The van der Waals surface area contributed by atoms with E-state index in [2.05, 4.69) is 15.2 Å². The predicted molar refractivity (Wildman–Crippen MR) is 61.5 cm³/mol. The molecule has 0 fully saturated rings. The lowest BCUT2D eigenvalue weighted by Gasteiger charge is -2.19. The van der Waals surface area contributed by atoms with Gasteiger partial charge in [0.05, 0.1) is 12.3 Å². The number of hydrogen-bond acceptors (Lipinski definition) is 3. The van der Waals surface area contributed by atoms with Crippen molar-refractivity contribution < 1.29 is 22.3 Å². The molecule has 1 heterocycles. The van der Waals surface area contributed by atoms with Crippen LogP contribution in [0.4, 0.5) is 17.6 Å². The molecular weight excluding hydrogens is 266 g/mol.